The fourth-order valence-corrected chi connectivity index (χ4v) is 4.35. The molecule has 0 aliphatic heterocycles. The van der Waals surface area contributed by atoms with Crippen molar-refractivity contribution in [3.05, 3.63) is 65.7 Å². The van der Waals surface area contributed by atoms with Gasteiger partial charge in [-0.2, -0.15) is 0 Å². The van der Waals surface area contributed by atoms with Gasteiger partial charge in [0.25, 0.3) is 5.91 Å². The van der Waals surface area contributed by atoms with E-state index >= 15 is 0 Å². The third-order valence-corrected chi connectivity index (χ3v) is 6.01. The SMILES string of the molecule is CCn1c(CSc2nccc(C)n2)nc2cc(NC(=O)c3ccc(OC)c(OC)c3)ccc21. The Hall–Kier alpha value is -3.59. The van der Waals surface area contributed by atoms with Crippen molar-refractivity contribution < 1.29 is 14.3 Å². The third kappa shape index (κ3) is 4.93. The number of fused-ring (bicyclic) bond motifs is 1. The van der Waals surface area contributed by atoms with Crippen molar-refractivity contribution >= 4 is 34.4 Å². The Morgan fingerprint density at radius 3 is 2.61 bits per heavy atom. The standard InChI is InChI=1S/C24H25N5O3S/c1-5-29-19-8-7-17(27-23(30)16-6-9-20(31-3)21(12-16)32-4)13-18(19)28-22(29)14-33-24-25-11-10-15(2)26-24/h6-13H,5,14H2,1-4H3,(H,27,30). The van der Waals surface area contributed by atoms with Crippen molar-refractivity contribution in [2.24, 2.45) is 0 Å². The topological polar surface area (TPSA) is 91.2 Å². The van der Waals surface area contributed by atoms with Gasteiger partial charge in [-0.25, -0.2) is 15.0 Å². The molecule has 0 radical (unpaired) electrons. The summed E-state index contributed by atoms with van der Waals surface area (Å²) >= 11 is 1.55. The van der Waals surface area contributed by atoms with Crippen LogP contribution in [-0.2, 0) is 12.3 Å². The normalized spacial score (nSPS) is 10.9. The number of imidazole rings is 1. The minimum absolute atomic E-state index is 0.238. The number of nitrogens with one attached hydrogen (secondary N) is 1. The second kappa shape index (κ2) is 9.91. The van der Waals surface area contributed by atoms with Crippen molar-refractivity contribution in [1.82, 2.24) is 19.5 Å². The summed E-state index contributed by atoms with van der Waals surface area (Å²) in [5.74, 6) is 2.42. The number of nitrogens with zero attached hydrogens (tertiary/aromatic N) is 4. The van der Waals surface area contributed by atoms with Gasteiger partial charge in [-0.05, 0) is 56.3 Å². The molecule has 0 aliphatic rings. The summed E-state index contributed by atoms with van der Waals surface area (Å²) in [4.78, 5) is 26.4. The van der Waals surface area contributed by atoms with Crippen LogP contribution in [0.3, 0.4) is 0 Å². The number of rotatable bonds is 8. The Kier molecular flexibility index (Phi) is 6.79. The van der Waals surface area contributed by atoms with E-state index in [-0.39, 0.29) is 5.91 Å². The van der Waals surface area contributed by atoms with Crippen LogP contribution in [0, 0.1) is 6.92 Å². The maximum absolute atomic E-state index is 12.8. The predicted octanol–water partition coefficient (Wildman–Crippen LogP) is 4.72. The average molecular weight is 464 g/mol. The molecule has 2 aromatic heterocycles. The maximum atomic E-state index is 12.8. The van der Waals surface area contributed by atoms with E-state index in [9.17, 15) is 4.79 Å². The molecule has 8 nitrogen and oxygen atoms in total. The van der Waals surface area contributed by atoms with Gasteiger partial charge in [0.05, 0.1) is 31.0 Å². The first kappa shape index (κ1) is 22.6. The number of hydrogen-bond donors (Lipinski definition) is 1. The lowest BCUT2D eigenvalue weighted by atomic mass is 10.1. The van der Waals surface area contributed by atoms with E-state index in [1.54, 1.807) is 50.4 Å². The first-order chi connectivity index (χ1) is 16.0. The van der Waals surface area contributed by atoms with Gasteiger partial charge >= 0.3 is 0 Å². The molecule has 9 heteroatoms. The van der Waals surface area contributed by atoms with E-state index in [0.717, 1.165) is 34.3 Å². The summed E-state index contributed by atoms with van der Waals surface area (Å²) in [6, 6.07) is 12.7. The molecule has 0 fully saturated rings. The number of benzene rings is 2. The quantitative estimate of drug-likeness (QED) is 0.299. The van der Waals surface area contributed by atoms with Gasteiger partial charge in [-0.3, -0.25) is 4.79 Å². The molecule has 1 amide bonds. The van der Waals surface area contributed by atoms with Gasteiger partial charge in [0.2, 0.25) is 0 Å². The number of amides is 1. The van der Waals surface area contributed by atoms with Gasteiger partial charge in [0.15, 0.2) is 16.7 Å². The van der Waals surface area contributed by atoms with Crippen LogP contribution in [0.1, 0.15) is 28.8 Å². The number of ether oxygens (including phenoxy) is 2. The molecule has 2 heterocycles. The fourth-order valence-electron chi connectivity index (χ4n) is 3.53. The molecular weight excluding hydrogens is 438 g/mol. The summed E-state index contributed by atoms with van der Waals surface area (Å²) in [6.07, 6.45) is 1.76. The molecule has 0 spiro atoms. The average Bonchev–Trinajstić information content (AvgIpc) is 3.18. The van der Waals surface area contributed by atoms with Gasteiger partial charge < -0.3 is 19.4 Å². The van der Waals surface area contributed by atoms with Crippen LogP contribution in [0.2, 0.25) is 0 Å². The van der Waals surface area contributed by atoms with E-state index < -0.39 is 0 Å². The highest BCUT2D eigenvalue weighted by Gasteiger charge is 2.14. The van der Waals surface area contributed by atoms with Crippen molar-refractivity contribution in [2.75, 3.05) is 19.5 Å². The monoisotopic (exact) mass is 463 g/mol. The Labute approximate surface area is 196 Å². The zero-order valence-electron chi connectivity index (χ0n) is 19.0. The molecule has 0 unspecified atom stereocenters. The summed E-state index contributed by atoms with van der Waals surface area (Å²) in [5, 5.41) is 3.67. The number of anilines is 1. The minimum Gasteiger partial charge on any atom is -0.493 e. The number of aryl methyl sites for hydroxylation is 2. The number of thioether (sulfide) groups is 1. The highest BCUT2D eigenvalue weighted by Crippen LogP contribution is 2.29. The molecule has 33 heavy (non-hydrogen) atoms. The number of aromatic nitrogens is 4. The Balaban J connectivity index is 1.54. The van der Waals surface area contributed by atoms with E-state index in [2.05, 4.69) is 26.8 Å². The largest absolute Gasteiger partial charge is 0.493 e. The second-order valence-corrected chi connectivity index (χ2v) is 8.21. The third-order valence-electron chi connectivity index (χ3n) is 5.15. The lowest BCUT2D eigenvalue weighted by molar-refractivity contribution is 0.102. The first-order valence-corrected chi connectivity index (χ1v) is 11.5. The molecule has 0 saturated carbocycles. The van der Waals surface area contributed by atoms with Gasteiger partial charge in [0.1, 0.15) is 5.82 Å². The lowest BCUT2D eigenvalue weighted by Gasteiger charge is -2.10. The predicted molar refractivity (Wildman–Crippen MR) is 129 cm³/mol. The smallest absolute Gasteiger partial charge is 0.255 e. The lowest BCUT2D eigenvalue weighted by Crippen LogP contribution is -2.12. The molecule has 0 bridgehead atoms. The number of carbonyl (C=O) groups excluding carboxylic acids is 1. The summed E-state index contributed by atoms with van der Waals surface area (Å²) in [6.45, 7) is 4.83. The van der Waals surface area contributed by atoms with Crippen LogP contribution in [0.4, 0.5) is 5.69 Å². The molecule has 0 saturated heterocycles. The minimum atomic E-state index is -0.238. The Morgan fingerprint density at radius 2 is 1.88 bits per heavy atom. The zero-order chi connectivity index (χ0) is 23.4. The molecule has 2 aromatic carbocycles. The second-order valence-electron chi connectivity index (χ2n) is 7.27. The van der Waals surface area contributed by atoms with E-state index in [4.69, 9.17) is 14.5 Å². The van der Waals surface area contributed by atoms with Gasteiger partial charge in [-0.1, -0.05) is 11.8 Å². The molecule has 0 atom stereocenters. The number of carbonyl (C=O) groups is 1. The van der Waals surface area contributed by atoms with Crippen LogP contribution in [-0.4, -0.2) is 39.6 Å². The van der Waals surface area contributed by atoms with Crippen LogP contribution in [0.25, 0.3) is 11.0 Å². The van der Waals surface area contributed by atoms with Crippen molar-refractivity contribution in [2.45, 2.75) is 31.3 Å². The highest BCUT2D eigenvalue weighted by atomic mass is 32.2. The Morgan fingerprint density at radius 1 is 1.06 bits per heavy atom. The molecule has 4 aromatic rings. The van der Waals surface area contributed by atoms with Crippen molar-refractivity contribution in [3.8, 4) is 11.5 Å². The summed E-state index contributed by atoms with van der Waals surface area (Å²) in [7, 11) is 3.10. The number of hydrogen-bond acceptors (Lipinski definition) is 7. The zero-order valence-corrected chi connectivity index (χ0v) is 19.8. The van der Waals surface area contributed by atoms with Crippen LogP contribution >= 0.6 is 11.8 Å². The van der Waals surface area contributed by atoms with Crippen LogP contribution in [0.15, 0.2) is 53.8 Å². The van der Waals surface area contributed by atoms with E-state index in [1.165, 1.54) is 0 Å². The van der Waals surface area contributed by atoms with Gasteiger partial charge in [0, 0.05) is 29.7 Å². The van der Waals surface area contributed by atoms with E-state index in [0.29, 0.717) is 28.5 Å². The van der Waals surface area contributed by atoms with Crippen LogP contribution in [0.5, 0.6) is 11.5 Å². The molecule has 0 aliphatic carbocycles. The Bertz CT molecular complexity index is 1300. The number of methoxy groups -OCH3 is 2. The molecule has 4 rings (SSSR count). The van der Waals surface area contributed by atoms with Gasteiger partial charge in [-0.15, -0.1) is 0 Å². The molecular formula is C24H25N5O3S. The summed E-state index contributed by atoms with van der Waals surface area (Å²) < 4.78 is 12.7. The fraction of sp³-hybridized carbons (Fsp3) is 0.250. The van der Waals surface area contributed by atoms with Crippen molar-refractivity contribution in [3.63, 3.8) is 0 Å². The summed E-state index contributed by atoms with van der Waals surface area (Å²) in [5.41, 5.74) is 3.92. The van der Waals surface area contributed by atoms with Crippen LogP contribution < -0.4 is 14.8 Å². The molecule has 170 valence electrons. The van der Waals surface area contributed by atoms with Crippen molar-refractivity contribution in [1.29, 1.82) is 0 Å². The van der Waals surface area contributed by atoms with E-state index in [1.807, 2.05) is 31.2 Å². The molecule has 1 N–H and O–H groups in total. The maximum Gasteiger partial charge on any atom is 0.255 e. The highest BCUT2D eigenvalue weighted by molar-refractivity contribution is 7.98. The first-order valence-electron chi connectivity index (χ1n) is 10.5.